The maximum atomic E-state index is 13.2. The molecule has 1 aliphatic carbocycles. The molecule has 0 spiro atoms. The summed E-state index contributed by atoms with van der Waals surface area (Å²) >= 11 is 0. The molecule has 1 fully saturated rings. The van der Waals surface area contributed by atoms with E-state index in [1.54, 1.807) is 12.4 Å². The molecule has 1 amide bonds. The zero-order valence-electron chi connectivity index (χ0n) is 20.0. The summed E-state index contributed by atoms with van der Waals surface area (Å²) in [4.78, 5) is 30.9. The quantitative estimate of drug-likeness (QED) is 0.483. The third kappa shape index (κ3) is 4.68. The van der Waals surface area contributed by atoms with Gasteiger partial charge in [0.2, 0.25) is 0 Å². The fraction of sp³-hybridized carbons (Fsp3) is 0.500. The van der Waals surface area contributed by atoms with Gasteiger partial charge in [0.05, 0.1) is 16.9 Å². The summed E-state index contributed by atoms with van der Waals surface area (Å²) in [5.74, 6) is 0.956. The molecule has 176 valence electrons. The smallest absolute Gasteiger partial charge is 0.408 e. The Labute approximate surface area is 194 Å². The van der Waals surface area contributed by atoms with Crippen molar-refractivity contribution in [3.63, 3.8) is 0 Å². The predicted octanol–water partition coefficient (Wildman–Crippen LogP) is 5.46. The van der Waals surface area contributed by atoms with Crippen molar-refractivity contribution in [3.8, 4) is 5.75 Å². The van der Waals surface area contributed by atoms with Gasteiger partial charge in [0.15, 0.2) is 0 Å². The van der Waals surface area contributed by atoms with Crippen LogP contribution in [-0.2, 0) is 0 Å². The van der Waals surface area contributed by atoms with E-state index in [2.05, 4.69) is 18.8 Å². The second-order valence-corrected chi connectivity index (χ2v) is 10.4. The molecule has 2 heterocycles. The lowest BCUT2D eigenvalue weighted by atomic mass is 9.97. The van der Waals surface area contributed by atoms with Gasteiger partial charge >= 0.3 is 6.09 Å². The normalized spacial score (nSPS) is 15.2. The third-order valence-electron chi connectivity index (χ3n) is 6.18. The van der Waals surface area contributed by atoms with E-state index in [0.717, 1.165) is 29.1 Å². The summed E-state index contributed by atoms with van der Waals surface area (Å²) in [6.07, 6.45) is 5.07. The second-order valence-electron chi connectivity index (χ2n) is 10.4. The molecule has 7 heteroatoms. The molecule has 3 aromatic rings. The van der Waals surface area contributed by atoms with Gasteiger partial charge in [-0.2, -0.15) is 0 Å². The van der Waals surface area contributed by atoms with Crippen LogP contribution in [0.15, 0.2) is 41.5 Å². The molecular weight excluding hydrogens is 418 g/mol. The third-order valence-corrected chi connectivity index (χ3v) is 6.18. The second kappa shape index (κ2) is 8.69. The molecular formula is C26H33N3O4. The molecule has 7 nitrogen and oxygen atoms in total. The van der Waals surface area contributed by atoms with Gasteiger partial charge in [-0.25, -0.2) is 4.79 Å². The van der Waals surface area contributed by atoms with Crippen LogP contribution < -0.4 is 10.3 Å². The van der Waals surface area contributed by atoms with E-state index in [4.69, 9.17) is 4.74 Å². The lowest BCUT2D eigenvalue weighted by Crippen LogP contribution is -2.53. The van der Waals surface area contributed by atoms with Gasteiger partial charge in [0, 0.05) is 35.4 Å². The lowest BCUT2D eigenvalue weighted by molar-refractivity contribution is 0.0434. The Balaban J connectivity index is 1.71. The van der Waals surface area contributed by atoms with Crippen molar-refractivity contribution in [1.29, 1.82) is 0 Å². The number of carbonyl (C=O) groups is 1. The summed E-state index contributed by atoms with van der Waals surface area (Å²) in [5, 5.41) is 12.4. The fourth-order valence-electron chi connectivity index (χ4n) is 4.74. The van der Waals surface area contributed by atoms with E-state index < -0.39 is 11.6 Å². The number of hydrogen-bond donors (Lipinski definition) is 1. The zero-order valence-corrected chi connectivity index (χ0v) is 20.0. The molecule has 0 radical (unpaired) electrons. The number of ether oxygens (including phenoxy) is 1. The first kappa shape index (κ1) is 23.1. The van der Waals surface area contributed by atoms with E-state index in [9.17, 15) is 14.7 Å². The Hall–Kier alpha value is -3.09. The fourth-order valence-corrected chi connectivity index (χ4v) is 4.74. The molecule has 0 aliphatic heterocycles. The largest absolute Gasteiger partial charge is 0.491 e. The van der Waals surface area contributed by atoms with Crippen LogP contribution in [0, 0.1) is 5.92 Å². The Morgan fingerprint density at radius 2 is 1.94 bits per heavy atom. The van der Waals surface area contributed by atoms with Crippen LogP contribution in [0.2, 0.25) is 0 Å². The highest BCUT2D eigenvalue weighted by Gasteiger charge is 2.34. The Kier molecular flexibility index (Phi) is 6.08. The molecule has 1 aliphatic rings. The van der Waals surface area contributed by atoms with Gasteiger partial charge in [-0.05, 0) is 69.5 Å². The van der Waals surface area contributed by atoms with E-state index in [1.165, 1.54) is 4.90 Å². The minimum absolute atomic E-state index is 0.0206. The number of carboxylic acid groups (broad SMARTS) is 1. The summed E-state index contributed by atoms with van der Waals surface area (Å²) < 4.78 is 8.05. The molecule has 1 atom stereocenters. The van der Waals surface area contributed by atoms with Crippen molar-refractivity contribution in [3.05, 3.63) is 47.0 Å². The SMILES string of the molecule is CC(C)C[C@@H](COc1ccc2c3ccncc3c(=O)n(C3CC3)c2c1)N(C(=O)O)C(C)(C)C. The number of aromatic nitrogens is 2. The predicted molar refractivity (Wildman–Crippen MR) is 130 cm³/mol. The monoisotopic (exact) mass is 451 g/mol. The average Bonchev–Trinajstić information content (AvgIpc) is 3.55. The van der Waals surface area contributed by atoms with Crippen LogP contribution in [0.4, 0.5) is 4.79 Å². The number of benzene rings is 1. The van der Waals surface area contributed by atoms with E-state index in [0.29, 0.717) is 23.5 Å². The van der Waals surface area contributed by atoms with Gasteiger partial charge < -0.3 is 14.4 Å². The van der Waals surface area contributed by atoms with Crippen molar-refractivity contribution in [2.45, 2.75) is 71.5 Å². The molecule has 2 aromatic heterocycles. The summed E-state index contributed by atoms with van der Waals surface area (Å²) in [5.41, 5.74) is 0.287. The van der Waals surface area contributed by atoms with Crippen LogP contribution in [0.25, 0.3) is 21.7 Å². The summed E-state index contributed by atoms with van der Waals surface area (Å²) in [6.45, 7) is 10.1. The summed E-state index contributed by atoms with van der Waals surface area (Å²) in [6, 6.07) is 7.61. The lowest BCUT2D eigenvalue weighted by Gasteiger charge is -2.40. The number of pyridine rings is 2. The van der Waals surface area contributed by atoms with Crippen LogP contribution in [-0.4, -0.2) is 43.8 Å². The maximum absolute atomic E-state index is 13.2. The highest BCUT2D eigenvalue weighted by atomic mass is 16.5. The number of hydrogen-bond acceptors (Lipinski definition) is 4. The van der Waals surface area contributed by atoms with Crippen molar-refractivity contribution in [2.75, 3.05) is 6.61 Å². The maximum Gasteiger partial charge on any atom is 0.408 e. The molecule has 1 aromatic carbocycles. The van der Waals surface area contributed by atoms with Crippen LogP contribution in [0.5, 0.6) is 5.75 Å². The minimum atomic E-state index is -0.946. The van der Waals surface area contributed by atoms with Crippen LogP contribution in [0.1, 0.15) is 59.9 Å². The number of fused-ring (bicyclic) bond motifs is 3. The first-order valence-corrected chi connectivity index (χ1v) is 11.6. The summed E-state index contributed by atoms with van der Waals surface area (Å²) in [7, 11) is 0. The van der Waals surface area contributed by atoms with Crippen molar-refractivity contribution < 1.29 is 14.6 Å². The molecule has 0 bridgehead atoms. The standard InChI is InChI=1S/C26H33N3O4/c1-16(2)12-18(29(25(31)32)26(3,4)5)15-33-19-8-9-21-20-10-11-27-14-22(20)24(30)28(17-6-7-17)23(21)13-19/h8-11,13-14,16-18H,6-7,12,15H2,1-5H3,(H,31,32)/t18-/m0/s1. The van der Waals surface area contributed by atoms with Gasteiger partial charge in [-0.1, -0.05) is 13.8 Å². The van der Waals surface area contributed by atoms with E-state index >= 15 is 0 Å². The molecule has 1 N–H and O–H groups in total. The topological polar surface area (TPSA) is 84.7 Å². The van der Waals surface area contributed by atoms with Crippen LogP contribution in [0.3, 0.4) is 0 Å². The molecule has 1 saturated carbocycles. The van der Waals surface area contributed by atoms with Crippen molar-refractivity contribution >= 4 is 27.8 Å². The molecule has 0 saturated heterocycles. The number of nitrogens with zero attached hydrogens (tertiary/aromatic N) is 3. The van der Waals surface area contributed by atoms with Gasteiger partial charge in [-0.15, -0.1) is 0 Å². The Bertz CT molecular complexity index is 1240. The Morgan fingerprint density at radius 3 is 2.55 bits per heavy atom. The van der Waals surface area contributed by atoms with Gasteiger partial charge in [0.25, 0.3) is 5.56 Å². The first-order valence-electron chi connectivity index (χ1n) is 11.6. The Morgan fingerprint density at radius 1 is 1.21 bits per heavy atom. The number of amides is 1. The van der Waals surface area contributed by atoms with E-state index in [1.807, 2.05) is 49.6 Å². The van der Waals surface area contributed by atoms with E-state index in [-0.39, 0.29) is 24.2 Å². The average molecular weight is 452 g/mol. The molecule has 33 heavy (non-hydrogen) atoms. The molecule has 4 rings (SSSR count). The zero-order chi connectivity index (χ0) is 23.9. The van der Waals surface area contributed by atoms with Crippen molar-refractivity contribution in [2.24, 2.45) is 5.92 Å². The minimum Gasteiger partial charge on any atom is -0.491 e. The van der Waals surface area contributed by atoms with Crippen molar-refractivity contribution in [1.82, 2.24) is 14.5 Å². The van der Waals surface area contributed by atoms with Crippen LogP contribution >= 0.6 is 0 Å². The highest BCUT2D eigenvalue weighted by Crippen LogP contribution is 2.38. The van der Waals surface area contributed by atoms with Gasteiger partial charge in [0.1, 0.15) is 12.4 Å². The highest BCUT2D eigenvalue weighted by molar-refractivity contribution is 6.05. The van der Waals surface area contributed by atoms with Gasteiger partial charge in [-0.3, -0.25) is 14.7 Å². The first-order chi connectivity index (χ1) is 15.6. The number of rotatable bonds is 7. The molecule has 0 unspecified atom stereocenters.